The number of hydrogen-bond acceptors (Lipinski definition) is 2. The quantitative estimate of drug-likeness (QED) is 0.779. The van der Waals surface area contributed by atoms with Crippen molar-refractivity contribution in [2.75, 3.05) is 20.1 Å². The Morgan fingerprint density at radius 3 is 2.93 bits per heavy atom. The zero-order valence-corrected chi connectivity index (χ0v) is 10.3. The summed E-state index contributed by atoms with van der Waals surface area (Å²) in [6.07, 6.45) is 0.936. The molecule has 1 aliphatic heterocycles. The van der Waals surface area contributed by atoms with Gasteiger partial charge in [-0.3, -0.25) is 9.69 Å². The van der Waals surface area contributed by atoms with E-state index >= 15 is 0 Å². The van der Waals surface area contributed by atoms with Crippen molar-refractivity contribution in [2.45, 2.75) is 12.3 Å². The zero-order chi connectivity index (χ0) is 10.8. The van der Waals surface area contributed by atoms with E-state index in [-0.39, 0.29) is 5.92 Å². The van der Waals surface area contributed by atoms with E-state index in [9.17, 15) is 4.79 Å². The highest BCUT2D eigenvalue weighted by molar-refractivity contribution is 9.10. The van der Waals surface area contributed by atoms with E-state index in [0.717, 1.165) is 23.0 Å². The third kappa shape index (κ3) is 2.47. The molecule has 2 nitrogen and oxygen atoms in total. The van der Waals surface area contributed by atoms with Gasteiger partial charge in [0.25, 0.3) is 0 Å². The van der Waals surface area contributed by atoms with Crippen LogP contribution in [0.5, 0.6) is 0 Å². The molecule has 1 atom stereocenters. The molecular weight excluding hydrogens is 254 g/mol. The molecule has 0 spiro atoms. The Bertz CT molecular complexity index is 378. The average molecular weight is 268 g/mol. The van der Waals surface area contributed by atoms with Crippen molar-refractivity contribution < 1.29 is 4.79 Å². The van der Waals surface area contributed by atoms with Crippen molar-refractivity contribution >= 4 is 21.7 Å². The lowest BCUT2D eigenvalue weighted by Gasteiger charge is -2.28. The molecule has 1 aromatic carbocycles. The van der Waals surface area contributed by atoms with Crippen molar-refractivity contribution in [3.63, 3.8) is 0 Å². The SMILES string of the molecule is CN1CCC(c2cccc(Br)c2)C(=O)C1. The first-order valence-corrected chi connectivity index (χ1v) is 5.93. The Morgan fingerprint density at radius 2 is 2.27 bits per heavy atom. The first-order chi connectivity index (χ1) is 7.16. The molecule has 80 valence electrons. The number of nitrogens with zero attached hydrogens (tertiary/aromatic N) is 1. The number of likely N-dealkylation sites (N-methyl/N-ethyl adjacent to an activating group) is 1. The first kappa shape index (κ1) is 10.8. The van der Waals surface area contributed by atoms with Gasteiger partial charge in [0.2, 0.25) is 0 Å². The molecule has 1 heterocycles. The van der Waals surface area contributed by atoms with Gasteiger partial charge >= 0.3 is 0 Å². The van der Waals surface area contributed by atoms with Crippen LogP contribution in [0.4, 0.5) is 0 Å². The van der Waals surface area contributed by atoms with Gasteiger partial charge in [0.1, 0.15) is 0 Å². The molecule has 1 fully saturated rings. The fraction of sp³-hybridized carbons (Fsp3) is 0.417. The molecule has 1 aliphatic rings. The second-order valence-corrected chi connectivity index (χ2v) is 5.02. The average Bonchev–Trinajstić information content (AvgIpc) is 2.17. The Kier molecular flexibility index (Phi) is 3.22. The molecule has 0 aromatic heterocycles. The minimum absolute atomic E-state index is 0.0960. The Hall–Kier alpha value is -0.670. The molecule has 2 rings (SSSR count). The van der Waals surface area contributed by atoms with Gasteiger partial charge < -0.3 is 0 Å². The highest BCUT2D eigenvalue weighted by atomic mass is 79.9. The van der Waals surface area contributed by atoms with Crippen molar-refractivity contribution in [3.8, 4) is 0 Å². The predicted octanol–water partition coefficient (Wildman–Crippen LogP) is 2.44. The van der Waals surface area contributed by atoms with Crippen LogP contribution in [-0.2, 0) is 4.79 Å². The number of likely N-dealkylation sites (tertiary alicyclic amines) is 1. The fourth-order valence-corrected chi connectivity index (χ4v) is 2.46. The van der Waals surface area contributed by atoms with E-state index in [1.165, 1.54) is 0 Å². The van der Waals surface area contributed by atoms with Crippen molar-refractivity contribution in [1.29, 1.82) is 0 Å². The van der Waals surface area contributed by atoms with Crippen LogP contribution in [0.3, 0.4) is 0 Å². The van der Waals surface area contributed by atoms with E-state index in [1.54, 1.807) is 0 Å². The van der Waals surface area contributed by atoms with E-state index in [4.69, 9.17) is 0 Å². The molecule has 1 aromatic rings. The highest BCUT2D eigenvalue weighted by Gasteiger charge is 2.26. The molecule has 0 bridgehead atoms. The zero-order valence-electron chi connectivity index (χ0n) is 8.74. The van der Waals surface area contributed by atoms with Gasteiger partial charge in [-0.1, -0.05) is 28.1 Å². The van der Waals surface area contributed by atoms with Crippen molar-refractivity contribution in [1.82, 2.24) is 4.90 Å². The third-order valence-electron chi connectivity index (χ3n) is 2.86. The number of Topliss-reactive ketones (excluding diaryl/α,β-unsaturated/α-hetero) is 1. The van der Waals surface area contributed by atoms with Crippen LogP contribution in [0.1, 0.15) is 17.9 Å². The standard InChI is InChI=1S/C12H14BrNO/c1-14-6-5-11(12(15)8-14)9-3-2-4-10(13)7-9/h2-4,7,11H,5-6,8H2,1H3. The molecular formula is C12H14BrNO. The second kappa shape index (κ2) is 4.45. The van der Waals surface area contributed by atoms with E-state index < -0.39 is 0 Å². The van der Waals surface area contributed by atoms with Crippen LogP contribution in [0.25, 0.3) is 0 Å². The molecule has 0 aliphatic carbocycles. The number of piperidine rings is 1. The molecule has 3 heteroatoms. The maximum absolute atomic E-state index is 11.9. The number of halogens is 1. The van der Waals surface area contributed by atoms with Crippen molar-refractivity contribution in [2.24, 2.45) is 0 Å². The van der Waals surface area contributed by atoms with Crippen LogP contribution >= 0.6 is 15.9 Å². The Labute approximate surface area is 98.4 Å². The maximum atomic E-state index is 11.9. The summed E-state index contributed by atoms with van der Waals surface area (Å²) < 4.78 is 1.05. The number of ketones is 1. The molecule has 0 amide bonds. The van der Waals surface area contributed by atoms with Gasteiger partial charge in [-0.25, -0.2) is 0 Å². The molecule has 0 saturated carbocycles. The fourth-order valence-electron chi connectivity index (χ4n) is 2.04. The smallest absolute Gasteiger partial charge is 0.154 e. The van der Waals surface area contributed by atoms with E-state index in [2.05, 4.69) is 20.8 Å². The third-order valence-corrected chi connectivity index (χ3v) is 3.36. The predicted molar refractivity (Wildman–Crippen MR) is 64.0 cm³/mol. The van der Waals surface area contributed by atoms with E-state index in [0.29, 0.717) is 12.3 Å². The van der Waals surface area contributed by atoms with Gasteiger partial charge in [-0.05, 0) is 37.7 Å². The number of rotatable bonds is 1. The van der Waals surface area contributed by atoms with Crippen LogP contribution in [-0.4, -0.2) is 30.8 Å². The van der Waals surface area contributed by atoms with Gasteiger partial charge in [-0.15, -0.1) is 0 Å². The van der Waals surface area contributed by atoms with Crippen LogP contribution in [0, 0.1) is 0 Å². The Morgan fingerprint density at radius 1 is 1.47 bits per heavy atom. The lowest BCUT2D eigenvalue weighted by molar-refractivity contribution is -0.123. The molecule has 0 radical (unpaired) electrons. The minimum Gasteiger partial charge on any atom is -0.299 e. The highest BCUT2D eigenvalue weighted by Crippen LogP contribution is 2.26. The largest absolute Gasteiger partial charge is 0.299 e. The van der Waals surface area contributed by atoms with Gasteiger partial charge in [0.05, 0.1) is 6.54 Å². The van der Waals surface area contributed by atoms with Crippen LogP contribution < -0.4 is 0 Å². The van der Waals surface area contributed by atoms with Crippen molar-refractivity contribution in [3.05, 3.63) is 34.3 Å². The van der Waals surface area contributed by atoms with Gasteiger partial charge in [0, 0.05) is 10.4 Å². The van der Waals surface area contributed by atoms with Gasteiger partial charge in [-0.2, -0.15) is 0 Å². The topological polar surface area (TPSA) is 20.3 Å². The summed E-state index contributed by atoms with van der Waals surface area (Å²) in [7, 11) is 2.00. The first-order valence-electron chi connectivity index (χ1n) is 5.13. The summed E-state index contributed by atoms with van der Waals surface area (Å²) in [5.74, 6) is 0.431. The lowest BCUT2D eigenvalue weighted by Crippen LogP contribution is -2.37. The molecule has 15 heavy (non-hydrogen) atoms. The molecule has 1 saturated heterocycles. The van der Waals surface area contributed by atoms with Crippen LogP contribution in [0.15, 0.2) is 28.7 Å². The Balaban J connectivity index is 2.20. The number of carbonyl (C=O) groups excluding carboxylic acids is 1. The summed E-state index contributed by atoms with van der Waals surface area (Å²) in [5, 5.41) is 0. The number of benzene rings is 1. The summed E-state index contributed by atoms with van der Waals surface area (Å²) in [5.41, 5.74) is 1.14. The summed E-state index contributed by atoms with van der Waals surface area (Å²) in [4.78, 5) is 13.9. The van der Waals surface area contributed by atoms with Gasteiger partial charge in [0.15, 0.2) is 5.78 Å². The maximum Gasteiger partial charge on any atom is 0.154 e. The monoisotopic (exact) mass is 267 g/mol. The van der Waals surface area contributed by atoms with E-state index in [1.807, 2.05) is 31.3 Å². The summed E-state index contributed by atoms with van der Waals surface area (Å²) in [6, 6.07) is 8.07. The minimum atomic E-state index is 0.0960. The molecule has 0 N–H and O–H groups in total. The summed E-state index contributed by atoms with van der Waals surface area (Å²) >= 11 is 3.44. The number of hydrogen-bond donors (Lipinski definition) is 0. The second-order valence-electron chi connectivity index (χ2n) is 4.10. The normalized spacial score (nSPS) is 23.1. The lowest BCUT2D eigenvalue weighted by atomic mass is 9.89. The molecule has 1 unspecified atom stereocenters. The van der Waals surface area contributed by atoms with Crippen LogP contribution in [0.2, 0.25) is 0 Å². The number of carbonyl (C=O) groups is 1. The summed E-state index contributed by atoms with van der Waals surface area (Å²) in [6.45, 7) is 1.58.